The standard InChI is InChI=1S/C16H20N2O/c1-3-5-13-7-9-14(10-8-13)19-16-15(12(2)17)6-4-11-18-16/h4,6-12H,3,5,17H2,1-2H3/t12-/m0/s1. The Bertz CT molecular complexity index is 521. The predicted octanol–water partition coefficient (Wildman–Crippen LogP) is 3.85. The van der Waals surface area contributed by atoms with E-state index in [4.69, 9.17) is 10.5 Å². The maximum absolute atomic E-state index is 5.91. The first-order chi connectivity index (χ1) is 9.20. The van der Waals surface area contributed by atoms with Gasteiger partial charge in [-0.1, -0.05) is 31.5 Å². The van der Waals surface area contributed by atoms with Gasteiger partial charge in [0.25, 0.3) is 0 Å². The van der Waals surface area contributed by atoms with Crippen LogP contribution in [0.5, 0.6) is 11.6 Å². The average molecular weight is 256 g/mol. The molecule has 0 aliphatic heterocycles. The summed E-state index contributed by atoms with van der Waals surface area (Å²) >= 11 is 0. The molecule has 0 saturated carbocycles. The topological polar surface area (TPSA) is 48.1 Å². The Hall–Kier alpha value is -1.87. The lowest BCUT2D eigenvalue weighted by atomic mass is 10.1. The predicted molar refractivity (Wildman–Crippen MR) is 77.4 cm³/mol. The number of ether oxygens (including phenoxy) is 1. The van der Waals surface area contributed by atoms with Gasteiger partial charge in [0.05, 0.1) is 0 Å². The Kier molecular flexibility index (Phi) is 4.53. The summed E-state index contributed by atoms with van der Waals surface area (Å²) in [4.78, 5) is 4.25. The number of rotatable bonds is 5. The molecule has 0 radical (unpaired) electrons. The molecule has 1 aromatic heterocycles. The van der Waals surface area contributed by atoms with E-state index in [0.29, 0.717) is 5.88 Å². The van der Waals surface area contributed by atoms with E-state index in [1.54, 1.807) is 6.20 Å². The third kappa shape index (κ3) is 3.55. The van der Waals surface area contributed by atoms with Crippen molar-refractivity contribution in [2.45, 2.75) is 32.7 Å². The summed E-state index contributed by atoms with van der Waals surface area (Å²) < 4.78 is 5.81. The van der Waals surface area contributed by atoms with Gasteiger partial charge < -0.3 is 10.5 Å². The van der Waals surface area contributed by atoms with Gasteiger partial charge in [-0.15, -0.1) is 0 Å². The van der Waals surface area contributed by atoms with Gasteiger partial charge in [-0.3, -0.25) is 0 Å². The smallest absolute Gasteiger partial charge is 0.223 e. The molecular formula is C16H20N2O. The summed E-state index contributed by atoms with van der Waals surface area (Å²) in [6.07, 6.45) is 3.96. The Morgan fingerprint density at radius 1 is 1.21 bits per heavy atom. The molecule has 0 aliphatic carbocycles. The first-order valence-corrected chi connectivity index (χ1v) is 6.68. The monoisotopic (exact) mass is 256 g/mol. The number of nitrogens with zero attached hydrogens (tertiary/aromatic N) is 1. The first kappa shape index (κ1) is 13.6. The SMILES string of the molecule is CCCc1ccc(Oc2ncccc2[C@H](C)N)cc1. The highest BCUT2D eigenvalue weighted by Crippen LogP contribution is 2.26. The van der Waals surface area contributed by atoms with Crippen molar-refractivity contribution in [2.75, 3.05) is 0 Å². The Balaban J connectivity index is 2.17. The molecule has 3 nitrogen and oxygen atoms in total. The van der Waals surface area contributed by atoms with Crippen molar-refractivity contribution >= 4 is 0 Å². The van der Waals surface area contributed by atoms with E-state index >= 15 is 0 Å². The van der Waals surface area contributed by atoms with E-state index in [9.17, 15) is 0 Å². The van der Waals surface area contributed by atoms with Crippen molar-refractivity contribution in [1.29, 1.82) is 0 Å². The quantitative estimate of drug-likeness (QED) is 0.884. The average Bonchev–Trinajstić information content (AvgIpc) is 2.42. The Morgan fingerprint density at radius 2 is 1.95 bits per heavy atom. The summed E-state index contributed by atoms with van der Waals surface area (Å²) in [6, 6.07) is 11.9. The largest absolute Gasteiger partial charge is 0.439 e. The molecule has 2 N–H and O–H groups in total. The van der Waals surface area contributed by atoms with Crippen LogP contribution in [0.1, 0.15) is 37.4 Å². The Morgan fingerprint density at radius 3 is 2.58 bits per heavy atom. The number of benzene rings is 1. The van der Waals surface area contributed by atoms with Crippen molar-refractivity contribution in [1.82, 2.24) is 4.98 Å². The van der Waals surface area contributed by atoms with Crippen LogP contribution in [0.2, 0.25) is 0 Å². The third-order valence-electron chi connectivity index (χ3n) is 2.97. The van der Waals surface area contributed by atoms with E-state index in [1.807, 2.05) is 31.2 Å². The summed E-state index contributed by atoms with van der Waals surface area (Å²) in [5.74, 6) is 1.38. The maximum Gasteiger partial charge on any atom is 0.223 e. The molecule has 1 heterocycles. The third-order valence-corrected chi connectivity index (χ3v) is 2.97. The molecular weight excluding hydrogens is 236 g/mol. The van der Waals surface area contributed by atoms with Gasteiger partial charge in [0.1, 0.15) is 5.75 Å². The van der Waals surface area contributed by atoms with Crippen molar-refractivity contribution in [2.24, 2.45) is 5.73 Å². The minimum absolute atomic E-state index is 0.0944. The molecule has 1 aromatic carbocycles. The molecule has 3 heteroatoms. The number of pyridine rings is 1. The van der Waals surface area contributed by atoms with Crippen molar-refractivity contribution < 1.29 is 4.74 Å². The van der Waals surface area contributed by atoms with E-state index in [1.165, 1.54) is 5.56 Å². The van der Waals surface area contributed by atoms with Crippen LogP contribution in [0.15, 0.2) is 42.6 Å². The van der Waals surface area contributed by atoms with Crippen molar-refractivity contribution in [3.05, 3.63) is 53.7 Å². The van der Waals surface area contributed by atoms with Gasteiger partial charge in [0.2, 0.25) is 5.88 Å². The minimum atomic E-state index is -0.0944. The van der Waals surface area contributed by atoms with Gasteiger partial charge in [0.15, 0.2) is 0 Å². The molecule has 2 aromatic rings. The first-order valence-electron chi connectivity index (χ1n) is 6.68. The van der Waals surface area contributed by atoms with Crippen molar-refractivity contribution in [3.8, 4) is 11.6 Å². The second kappa shape index (κ2) is 6.34. The van der Waals surface area contributed by atoms with Crippen LogP contribution in [-0.2, 0) is 6.42 Å². The molecule has 100 valence electrons. The number of aromatic nitrogens is 1. The fraction of sp³-hybridized carbons (Fsp3) is 0.312. The molecule has 0 spiro atoms. The lowest BCUT2D eigenvalue weighted by molar-refractivity contribution is 0.452. The van der Waals surface area contributed by atoms with Crippen LogP contribution in [0, 0.1) is 0 Å². The van der Waals surface area contributed by atoms with Crippen LogP contribution in [0.25, 0.3) is 0 Å². The fourth-order valence-corrected chi connectivity index (χ4v) is 1.96. The summed E-state index contributed by atoms with van der Waals surface area (Å²) in [6.45, 7) is 4.10. The lowest BCUT2D eigenvalue weighted by Gasteiger charge is -2.12. The summed E-state index contributed by atoms with van der Waals surface area (Å²) in [7, 11) is 0. The van der Waals surface area contributed by atoms with Gasteiger partial charge >= 0.3 is 0 Å². The van der Waals surface area contributed by atoms with E-state index < -0.39 is 0 Å². The van der Waals surface area contributed by atoms with Gasteiger partial charge in [-0.2, -0.15) is 0 Å². The molecule has 19 heavy (non-hydrogen) atoms. The number of nitrogens with two attached hydrogens (primary N) is 1. The molecule has 0 saturated heterocycles. The van der Waals surface area contributed by atoms with Crippen LogP contribution >= 0.6 is 0 Å². The molecule has 0 aliphatic rings. The number of aryl methyl sites for hydroxylation is 1. The molecule has 0 bridgehead atoms. The van der Waals surface area contributed by atoms with Gasteiger partial charge in [0, 0.05) is 17.8 Å². The van der Waals surface area contributed by atoms with Crippen LogP contribution < -0.4 is 10.5 Å². The highest BCUT2D eigenvalue weighted by Gasteiger charge is 2.09. The van der Waals surface area contributed by atoms with E-state index in [0.717, 1.165) is 24.2 Å². The lowest BCUT2D eigenvalue weighted by Crippen LogP contribution is -2.07. The zero-order valence-corrected chi connectivity index (χ0v) is 11.5. The van der Waals surface area contributed by atoms with Crippen molar-refractivity contribution in [3.63, 3.8) is 0 Å². The molecule has 0 unspecified atom stereocenters. The van der Waals surface area contributed by atoms with E-state index in [-0.39, 0.29) is 6.04 Å². The fourth-order valence-electron chi connectivity index (χ4n) is 1.96. The van der Waals surface area contributed by atoms with Crippen LogP contribution in [-0.4, -0.2) is 4.98 Å². The summed E-state index contributed by atoms with van der Waals surface area (Å²) in [5.41, 5.74) is 8.15. The zero-order chi connectivity index (χ0) is 13.7. The molecule has 0 amide bonds. The second-order valence-electron chi connectivity index (χ2n) is 4.68. The molecule has 2 rings (SSSR count). The van der Waals surface area contributed by atoms with E-state index in [2.05, 4.69) is 24.0 Å². The van der Waals surface area contributed by atoms with Crippen LogP contribution in [0.3, 0.4) is 0 Å². The number of hydrogen-bond donors (Lipinski definition) is 1. The highest BCUT2D eigenvalue weighted by molar-refractivity contribution is 5.35. The minimum Gasteiger partial charge on any atom is -0.439 e. The molecule has 0 fully saturated rings. The van der Waals surface area contributed by atoms with Gasteiger partial charge in [-0.25, -0.2) is 4.98 Å². The Labute approximate surface area is 114 Å². The number of hydrogen-bond acceptors (Lipinski definition) is 3. The second-order valence-corrected chi connectivity index (χ2v) is 4.68. The maximum atomic E-state index is 5.91. The highest BCUT2D eigenvalue weighted by atomic mass is 16.5. The molecule has 1 atom stereocenters. The zero-order valence-electron chi connectivity index (χ0n) is 11.5. The normalized spacial score (nSPS) is 12.2. The summed E-state index contributed by atoms with van der Waals surface area (Å²) in [5, 5.41) is 0. The van der Waals surface area contributed by atoms with Crippen LogP contribution in [0.4, 0.5) is 0 Å². The van der Waals surface area contributed by atoms with Gasteiger partial charge in [-0.05, 0) is 37.1 Å².